The van der Waals surface area contributed by atoms with Crippen molar-refractivity contribution in [2.75, 3.05) is 36.2 Å². The standard InChI is InChI=1S/C12H18N4OS2/c1-12(17,7-18-3)6-14-9-8-4-5-19-10(8)16-11(13-2)15-9/h4-5,17H,6-7H2,1-3H3,(H2,13,14,15,16). The van der Waals surface area contributed by atoms with Crippen molar-refractivity contribution < 1.29 is 5.11 Å². The van der Waals surface area contributed by atoms with E-state index in [0.29, 0.717) is 18.2 Å². The number of aliphatic hydroxyl groups is 1. The van der Waals surface area contributed by atoms with E-state index < -0.39 is 5.60 Å². The Morgan fingerprint density at radius 3 is 2.95 bits per heavy atom. The fourth-order valence-electron chi connectivity index (χ4n) is 1.74. The van der Waals surface area contributed by atoms with Gasteiger partial charge in [-0.15, -0.1) is 11.3 Å². The second-order valence-corrected chi connectivity index (χ2v) is 6.33. The van der Waals surface area contributed by atoms with Gasteiger partial charge in [0, 0.05) is 19.3 Å². The Morgan fingerprint density at radius 2 is 2.26 bits per heavy atom. The number of nitrogens with one attached hydrogen (secondary N) is 2. The molecule has 0 aliphatic carbocycles. The first-order chi connectivity index (χ1) is 9.05. The average Bonchev–Trinajstić information content (AvgIpc) is 2.83. The molecule has 2 rings (SSSR count). The third kappa shape index (κ3) is 3.49. The Bertz CT molecular complexity index is 556. The molecule has 0 fully saturated rings. The predicted molar refractivity (Wildman–Crippen MR) is 84.5 cm³/mol. The molecule has 0 radical (unpaired) electrons. The maximum atomic E-state index is 10.2. The quantitative estimate of drug-likeness (QED) is 0.760. The van der Waals surface area contributed by atoms with Crippen molar-refractivity contribution in [3.8, 4) is 0 Å². The normalized spacial score (nSPS) is 14.3. The van der Waals surface area contributed by atoms with E-state index in [4.69, 9.17) is 0 Å². The van der Waals surface area contributed by atoms with E-state index in [1.807, 2.05) is 24.6 Å². The molecule has 0 saturated carbocycles. The Hall–Kier alpha value is -1.05. The number of fused-ring (bicyclic) bond motifs is 1. The summed E-state index contributed by atoms with van der Waals surface area (Å²) in [6.07, 6.45) is 1.98. The number of aromatic nitrogens is 2. The van der Waals surface area contributed by atoms with Crippen LogP contribution in [0.1, 0.15) is 6.92 Å². The van der Waals surface area contributed by atoms with E-state index in [-0.39, 0.29) is 0 Å². The van der Waals surface area contributed by atoms with Gasteiger partial charge in [0.2, 0.25) is 5.95 Å². The van der Waals surface area contributed by atoms with Crippen molar-refractivity contribution >= 4 is 45.1 Å². The fraction of sp³-hybridized carbons (Fsp3) is 0.500. The maximum Gasteiger partial charge on any atom is 0.225 e. The first-order valence-electron chi connectivity index (χ1n) is 5.94. The minimum atomic E-state index is -0.757. The number of anilines is 2. The van der Waals surface area contributed by atoms with Gasteiger partial charge in [-0.1, -0.05) is 0 Å². The summed E-state index contributed by atoms with van der Waals surface area (Å²) in [6, 6.07) is 1.99. The van der Waals surface area contributed by atoms with E-state index in [9.17, 15) is 5.11 Å². The smallest absolute Gasteiger partial charge is 0.225 e. The second-order valence-electron chi connectivity index (χ2n) is 4.57. The molecule has 0 spiro atoms. The molecule has 1 unspecified atom stereocenters. The summed E-state index contributed by atoms with van der Waals surface area (Å²) in [7, 11) is 1.79. The molecule has 0 aliphatic heterocycles. The molecule has 7 heteroatoms. The van der Waals surface area contributed by atoms with Gasteiger partial charge >= 0.3 is 0 Å². The first kappa shape index (κ1) is 14.4. The topological polar surface area (TPSA) is 70.1 Å². The number of rotatable bonds is 6. The highest BCUT2D eigenvalue weighted by molar-refractivity contribution is 7.98. The van der Waals surface area contributed by atoms with E-state index in [2.05, 4.69) is 20.6 Å². The zero-order valence-electron chi connectivity index (χ0n) is 11.2. The number of thiophene rings is 1. The third-order valence-corrected chi connectivity index (χ3v) is 4.36. The summed E-state index contributed by atoms with van der Waals surface area (Å²) in [5, 5.41) is 19.3. The van der Waals surface area contributed by atoms with Gasteiger partial charge in [-0.3, -0.25) is 0 Å². The van der Waals surface area contributed by atoms with Crippen LogP contribution in [0.25, 0.3) is 10.2 Å². The van der Waals surface area contributed by atoms with E-state index in [0.717, 1.165) is 16.0 Å². The number of thioether (sulfide) groups is 1. The summed E-state index contributed by atoms with van der Waals surface area (Å²) < 4.78 is 0. The van der Waals surface area contributed by atoms with Gasteiger partial charge < -0.3 is 15.7 Å². The van der Waals surface area contributed by atoms with E-state index >= 15 is 0 Å². The zero-order valence-corrected chi connectivity index (χ0v) is 12.9. The average molecular weight is 298 g/mol. The van der Waals surface area contributed by atoms with E-state index in [1.165, 1.54) is 0 Å². The lowest BCUT2D eigenvalue weighted by Gasteiger charge is -2.23. The lowest BCUT2D eigenvalue weighted by Crippen LogP contribution is -2.36. The highest BCUT2D eigenvalue weighted by atomic mass is 32.2. The van der Waals surface area contributed by atoms with Gasteiger partial charge in [0.25, 0.3) is 0 Å². The third-order valence-electron chi connectivity index (χ3n) is 2.64. The molecule has 0 amide bonds. The lowest BCUT2D eigenvalue weighted by atomic mass is 10.1. The Morgan fingerprint density at radius 1 is 1.47 bits per heavy atom. The number of hydrogen-bond acceptors (Lipinski definition) is 7. The molecule has 0 bridgehead atoms. The van der Waals surface area contributed by atoms with Crippen molar-refractivity contribution in [3.63, 3.8) is 0 Å². The predicted octanol–water partition coefficient (Wildman–Crippen LogP) is 2.26. The summed E-state index contributed by atoms with van der Waals surface area (Å²) >= 11 is 3.20. The Kier molecular flexibility index (Phi) is 4.49. The molecule has 104 valence electrons. The van der Waals surface area contributed by atoms with Crippen LogP contribution in [0.2, 0.25) is 0 Å². The summed E-state index contributed by atoms with van der Waals surface area (Å²) in [6.45, 7) is 2.28. The largest absolute Gasteiger partial charge is 0.387 e. The number of hydrogen-bond donors (Lipinski definition) is 3. The summed E-state index contributed by atoms with van der Waals surface area (Å²) in [4.78, 5) is 9.73. The highest BCUT2D eigenvalue weighted by Gasteiger charge is 2.20. The molecular weight excluding hydrogens is 280 g/mol. The van der Waals surface area contributed by atoms with Crippen molar-refractivity contribution in [3.05, 3.63) is 11.4 Å². The molecule has 19 heavy (non-hydrogen) atoms. The minimum Gasteiger partial charge on any atom is -0.387 e. The lowest BCUT2D eigenvalue weighted by molar-refractivity contribution is 0.0996. The van der Waals surface area contributed by atoms with Gasteiger partial charge in [-0.05, 0) is 24.6 Å². The van der Waals surface area contributed by atoms with Crippen LogP contribution in [0.5, 0.6) is 0 Å². The molecule has 0 aliphatic rings. The molecular formula is C12H18N4OS2. The van der Waals surface area contributed by atoms with Crippen molar-refractivity contribution in [2.24, 2.45) is 0 Å². The van der Waals surface area contributed by atoms with Crippen LogP contribution in [-0.2, 0) is 0 Å². The monoisotopic (exact) mass is 298 g/mol. The summed E-state index contributed by atoms with van der Waals surface area (Å²) in [5.74, 6) is 2.02. The van der Waals surface area contributed by atoms with Crippen LogP contribution < -0.4 is 10.6 Å². The Balaban J connectivity index is 2.22. The zero-order chi connectivity index (χ0) is 13.9. The fourth-order valence-corrected chi connectivity index (χ4v) is 3.23. The van der Waals surface area contributed by atoms with Crippen LogP contribution in [0.15, 0.2) is 11.4 Å². The maximum absolute atomic E-state index is 10.2. The molecule has 2 aromatic heterocycles. The van der Waals surface area contributed by atoms with Crippen molar-refractivity contribution in [1.29, 1.82) is 0 Å². The van der Waals surface area contributed by atoms with Gasteiger partial charge in [0.15, 0.2) is 0 Å². The molecule has 0 saturated heterocycles. The second kappa shape index (κ2) is 5.94. The number of nitrogens with zero attached hydrogens (tertiary/aromatic N) is 2. The van der Waals surface area contributed by atoms with Gasteiger partial charge in [0.05, 0.1) is 11.0 Å². The highest BCUT2D eigenvalue weighted by Crippen LogP contribution is 2.26. The molecule has 2 aromatic rings. The minimum absolute atomic E-state index is 0.457. The van der Waals surface area contributed by atoms with Crippen molar-refractivity contribution in [1.82, 2.24) is 9.97 Å². The van der Waals surface area contributed by atoms with Crippen LogP contribution in [-0.4, -0.2) is 46.3 Å². The molecule has 5 nitrogen and oxygen atoms in total. The van der Waals surface area contributed by atoms with Gasteiger partial charge in [0.1, 0.15) is 10.6 Å². The molecule has 2 heterocycles. The van der Waals surface area contributed by atoms with Gasteiger partial charge in [-0.2, -0.15) is 16.7 Å². The Labute approximate surface area is 120 Å². The molecule has 3 N–H and O–H groups in total. The summed E-state index contributed by atoms with van der Waals surface area (Å²) in [5.41, 5.74) is -0.757. The van der Waals surface area contributed by atoms with Gasteiger partial charge in [-0.25, -0.2) is 4.98 Å². The molecule has 0 aromatic carbocycles. The SMILES string of the molecule is CNc1nc(NCC(C)(O)CSC)c2ccsc2n1. The van der Waals surface area contributed by atoms with Crippen LogP contribution in [0, 0.1) is 0 Å². The molecule has 1 atom stereocenters. The van der Waals surface area contributed by atoms with E-state index in [1.54, 1.807) is 30.1 Å². The first-order valence-corrected chi connectivity index (χ1v) is 8.21. The van der Waals surface area contributed by atoms with Crippen LogP contribution in [0.4, 0.5) is 11.8 Å². The van der Waals surface area contributed by atoms with Crippen LogP contribution in [0.3, 0.4) is 0 Å². The van der Waals surface area contributed by atoms with Crippen LogP contribution >= 0.6 is 23.1 Å². The van der Waals surface area contributed by atoms with Crippen molar-refractivity contribution in [2.45, 2.75) is 12.5 Å².